The fourth-order valence-corrected chi connectivity index (χ4v) is 1.74. The van der Waals surface area contributed by atoms with Crippen molar-refractivity contribution in [1.82, 2.24) is 5.32 Å². The maximum absolute atomic E-state index is 11.8. The molecule has 0 spiro atoms. The standard InChI is InChI=1S/C11H13ClN2O/c1-6-4-7(12)2-3-8(6)11(15)14-10-5-9(10)13/h2-4,9-10H,5,13H2,1H3,(H,14,15). The summed E-state index contributed by atoms with van der Waals surface area (Å²) in [6.45, 7) is 1.87. The molecule has 3 nitrogen and oxygen atoms in total. The highest BCUT2D eigenvalue weighted by atomic mass is 35.5. The van der Waals surface area contributed by atoms with Crippen molar-refractivity contribution in [2.45, 2.75) is 25.4 Å². The van der Waals surface area contributed by atoms with E-state index in [1.54, 1.807) is 18.2 Å². The summed E-state index contributed by atoms with van der Waals surface area (Å²) in [7, 11) is 0. The van der Waals surface area contributed by atoms with E-state index in [-0.39, 0.29) is 18.0 Å². The Morgan fingerprint density at radius 2 is 2.27 bits per heavy atom. The highest BCUT2D eigenvalue weighted by molar-refractivity contribution is 6.30. The maximum atomic E-state index is 11.8. The smallest absolute Gasteiger partial charge is 0.251 e. The Hall–Kier alpha value is -1.06. The molecule has 2 rings (SSSR count). The van der Waals surface area contributed by atoms with E-state index in [4.69, 9.17) is 17.3 Å². The van der Waals surface area contributed by atoms with Crippen molar-refractivity contribution in [1.29, 1.82) is 0 Å². The van der Waals surface area contributed by atoms with Crippen LogP contribution in [-0.4, -0.2) is 18.0 Å². The summed E-state index contributed by atoms with van der Waals surface area (Å²) in [6, 6.07) is 5.51. The Labute approximate surface area is 93.6 Å². The van der Waals surface area contributed by atoms with E-state index in [2.05, 4.69) is 5.32 Å². The lowest BCUT2D eigenvalue weighted by atomic mass is 10.1. The molecular formula is C11H13ClN2O. The predicted octanol–water partition coefficient (Wildman–Crippen LogP) is 1.48. The third-order valence-corrected chi connectivity index (χ3v) is 2.82. The quantitative estimate of drug-likeness (QED) is 0.800. The third kappa shape index (κ3) is 2.30. The number of hydrogen-bond donors (Lipinski definition) is 2. The topological polar surface area (TPSA) is 55.1 Å². The molecule has 1 aromatic carbocycles. The second kappa shape index (κ2) is 3.83. The number of carbonyl (C=O) groups excluding carboxylic acids is 1. The average molecular weight is 225 g/mol. The highest BCUT2D eigenvalue weighted by Crippen LogP contribution is 2.20. The Bertz CT molecular complexity index is 406. The molecule has 80 valence electrons. The van der Waals surface area contributed by atoms with E-state index in [0.717, 1.165) is 12.0 Å². The minimum atomic E-state index is -0.0675. The summed E-state index contributed by atoms with van der Waals surface area (Å²) in [5.74, 6) is -0.0675. The number of rotatable bonds is 2. The number of benzene rings is 1. The lowest BCUT2D eigenvalue weighted by molar-refractivity contribution is 0.0949. The molecule has 1 amide bonds. The van der Waals surface area contributed by atoms with Crippen LogP contribution >= 0.6 is 11.6 Å². The van der Waals surface area contributed by atoms with Gasteiger partial charge in [0.05, 0.1) is 0 Å². The van der Waals surface area contributed by atoms with Gasteiger partial charge in [0.2, 0.25) is 0 Å². The SMILES string of the molecule is Cc1cc(Cl)ccc1C(=O)NC1CC1N. The number of nitrogens with one attached hydrogen (secondary N) is 1. The first-order valence-corrected chi connectivity index (χ1v) is 5.28. The van der Waals surface area contributed by atoms with Crippen molar-refractivity contribution < 1.29 is 4.79 Å². The Balaban J connectivity index is 2.11. The van der Waals surface area contributed by atoms with Gasteiger partial charge in [0, 0.05) is 22.7 Å². The van der Waals surface area contributed by atoms with Gasteiger partial charge in [-0.2, -0.15) is 0 Å². The molecule has 0 aliphatic heterocycles. The molecule has 1 saturated carbocycles. The number of carbonyl (C=O) groups is 1. The van der Waals surface area contributed by atoms with Crippen LogP contribution in [0.2, 0.25) is 5.02 Å². The van der Waals surface area contributed by atoms with Gasteiger partial charge in [-0.3, -0.25) is 4.79 Å². The van der Waals surface area contributed by atoms with E-state index < -0.39 is 0 Å². The zero-order valence-corrected chi connectivity index (χ0v) is 9.21. The van der Waals surface area contributed by atoms with Gasteiger partial charge >= 0.3 is 0 Å². The molecule has 1 fully saturated rings. The molecule has 0 bridgehead atoms. The van der Waals surface area contributed by atoms with Crippen molar-refractivity contribution in [2.24, 2.45) is 5.73 Å². The monoisotopic (exact) mass is 224 g/mol. The van der Waals surface area contributed by atoms with E-state index in [1.165, 1.54) is 0 Å². The Kier molecular flexibility index (Phi) is 2.67. The van der Waals surface area contributed by atoms with Crippen LogP contribution in [0, 0.1) is 6.92 Å². The van der Waals surface area contributed by atoms with Crippen LogP contribution in [-0.2, 0) is 0 Å². The molecule has 1 aliphatic rings. The van der Waals surface area contributed by atoms with Gasteiger partial charge in [0.15, 0.2) is 0 Å². The minimum Gasteiger partial charge on any atom is -0.348 e. The van der Waals surface area contributed by atoms with Crippen molar-refractivity contribution in [2.75, 3.05) is 0 Å². The van der Waals surface area contributed by atoms with E-state index in [9.17, 15) is 4.79 Å². The van der Waals surface area contributed by atoms with Crippen molar-refractivity contribution in [3.8, 4) is 0 Å². The van der Waals surface area contributed by atoms with Gasteiger partial charge in [-0.15, -0.1) is 0 Å². The number of nitrogens with two attached hydrogens (primary N) is 1. The van der Waals surface area contributed by atoms with E-state index in [1.807, 2.05) is 6.92 Å². The van der Waals surface area contributed by atoms with Gasteiger partial charge in [0.1, 0.15) is 0 Å². The Morgan fingerprint density at radius 1 is 1.60 bits per heavy atom. The summed E-state index contributed by atoms with van der Waals surface area (Å²) in [4.78, 5) is 11.8. The van der Waals surface area contributed by atoms with Gasteiger partial charge < -0.3 is 11.1 Å². The minimum absolute atomic E-state index is 0.0675. The van der Waals surface area contributed by atoms with Crippen LogP contribution in [0.3, 0.4) is 0 Å². The number of halogens is 1. The average Bonchev–Trinajstić information content (AvgIpc) is 2.81. The molecule has 0 heterocycles. The fraction of sp³-hybridized carbons (Fsp3) is 0.364. The third-order valence-electron chi connectivity index (χ3n) is 2.59. The molecule has 0 aromatic heterocycles. The molecular weight excluding hydrogens is 212 g/mol. The molecule has 0 radical (unpaired) electrons. The van der Waals surface area contributed by atoms with Crippen LogP contribution in [0.1, 0.15) is 22.3 Å². The molecule has 4 heteroatoms. The zero-order valence-electron chi connectivity index (χ0n) is 8.46. The first kappa shape index (κ1) is 10.5. The number of amides is 1. The van der Waals surface area contributed by atoms with Gasteiger partial charge in [-0.1, -0.05) is 11.6 Å². The first-order chi connectivity index (χ1) is 7.08. The van der Waals surface area contributed by atoms with Crippen molar-refractivity contribution >= 4 is 17.5 Å². The summed E-state index contributed by atoms with van der Waals surface area (Å²) in [5.41, 5.74) is 7.17. The van der Waals surface area contributed by atoms with Crippen LogP contribution in [0.4, 0.5) is 0 Å². The van der Waals surface area contributed by atoms with Gasteiger partial charge in [-0.25, -0.2) is 0 Å². The van der Waals surface area contributed by atoms with Gasteiger partial charge in [0.25, 0.3) is 5.91 Å². The summed E-state index contributed by atoms with van der Waals surface area (Å²) in [6.07, 6.45) is 0.873. The molecule has 0 saturated heterocycles. The van der Waals surface area contributed by atoms with E-state index >= 15 is 0 Å². The summed E-state index contributed by atoms with van der Waals surface area (Å²) in [5, 5.41) is 3.52. The second-order valence-electron chi connectivity index (χ2n) is 3.94. The molecule has 1 aromatic rings. The van der Waals surface area contributed by atoms with E-state index in [0.29, 0.717) is 10.6 Å². The largest absolute Gasteiger partial charge is 0.348 e. The lowest BCUT2D eigenvalue weighted by Crippen LogP contribution is -2.30. The normalized spacial score (nSPS) is 23.7. The zero-order chi connectivity index (χ0) is 11.0. The van der Waals surface area contributed by atoms with Crippen LogP contribution in [0.25, 0.3) is 0 Å². The van der Waals surface area contributed by atoms with Crippen molar-refractivity contribution in [3.05, 3.63) is 34.3 Å². The summed E-state index contributed by atoms with van der Waals surface area (Å²) < 4.78 is 0. The molecule has 3 N–H and O–H groups in total. The lowest BCUT2D eigenvalue weighted by Gasteiger charge is -2.06. The molecule has 2 unspecified atom stereocenters. The van der Waals surface area contributed by atoms with Crippen LogP contribution < -0.4 is 11.1 Å². The van der Waals surface area contributed by atoms with Crippen LogP contribution in [0.5, 0.6) is 0 Å². The number of hydrogen-bond acceptors (Lipinski definition) is 2. The van der Waals surface area contributed by atoms with Crippen molar-refractivity contribution in [3.63, 3.8) is 0 Å². The second-order valence-corrected chi connectivity index (χ2v) is 4.38. The van der Waals surface area contributed by atoms with Crippen LogP contribution in [0.15, 0.2) is 18.2 Å². The molecule has 2 atom stereocenters. The fourth-order valence-electron chi connectivity index (χ4n) is 1.51. The number of aryl methyl sites for hydroxylation is 1. The maximum Gasteiger partial charge on any atom is 0.251 e. The molecule has 1 aliphatic carbocycles. The van der Waals surface area contributed by atoms with Gasteiger partial charge in [-0.05, 0) is 37.1 Å². The highest BCUT2D eigenvalue weighted by Gasteiger charge is 2.35. The summed E-state index contributed by atoms with van der Waals surface area (Å²) >= 11 is 5.81. The predicted molar refractivity (Wildman–Crippen MR) is 60.0 cm³/mol. The Morgan fingerprint density at radius 3 is 2.80 bits per heavy atom. The molecule has 15 heavy (non-hydrogen) atoms. The first-order valence-electron chi connectivity index (χ1n) is 4.90.